The van der Waals surface area contributed by atoms with Gasteiger partial charge >= 0.3 is 0 Å². The Morgan fingerprint density at radius 1 is 1.28 bits per heavy atom. The van der Waals surface area contributed by atoms with Crippen LogP contribution in [0.25, 0.3) is 11.3 Å². The van der Waals surface area contributed by atoms with E-state index in [9.17, 15) is 4.79 Å². The van der Waals surface area contributed by atoms with E-state index in [1.807, 2.05) is 18.2 Å². The van der Waals surface area contributed by atoms with E-state index in [-0.39, 0.29) is 18.1 Å². The van der Waals surface area contributed by atoms with Crippen molar-refractivity contribution < 1.29 is 14.3 Å². The molecule has 2 aromatic rings. The Balaban J connectivity index is 1.67. The van der Waals surface area contributed by atoms with E-state index in [0.717, 1.165) is 41.2 Å². The van der Waals surface area contributed by atoms with Crippen LogP contribution < -0.4 is 14.8 Å². The number of carbonyl (C=O) groups excluding carboxylic acids is 1. The Morgan fingerprint density at radius 2 is 2.04 bits per heavy atom. The Kier molecular flexibility index (Phi) is 3.71. The van der Waals surface area contributed by atoms with Crippen LogP contribution in [0.4, 0.5) is 5.69 Å². The molecule has 1 aliphatic carbocycles. The van der Waals surface area contributed by atoms with Gasteiger partial charge in [0.15, 0.2) is 11.5 Å². The number of aromatic amines is 1. The van der Waals surface area contributed by atoms with Crippen LogP contribution in [0, 0.1) is 5.41 Å². The van der Waals surface area contributed by atoms with Crippen LogP contribution in [-0.4, -0.2) is 22.9 Å². The number of rotatable bonds is 4. The number of ether oxygens (including phenoxy) is 2. The van der Waals surface area contributed by atoms with Crippen molar-refractivity contribution in [2.75, 3.05) is 12.1 Å². The minimum absolute atomic E-state index is 0.0118. The summed E-state index contributed by atoms with van der Waals surface area (Å²) < 4.78 is 10.8. The van der Waals surface area contributed by atoms with Gasteiger partial charge in [0.25, 0.3) is 0 Å². The van der Waals surface area contributed by atoms with Crippen molar-refractivity contribution in [3.63, 3.8) is 0 Å². The molecule has 1 saturated carbocycles. The molecule has 6 nitrogen and oxygen atoms in total. The Labute approximate surface area is 146 Å². The van der Waals surface area contributed by atoms with Gasteiger partial charge in [-0.05, 0) is 36.5 Å². The standard InChI is InChI=1S/C19H23N3O3/c1-19(2,3)9-15(23)20-18-16(11-4-5-11)21-22-17(18)12-6-7-13-14(8-12)25-10-24-13/h6-8,11H,4-5,9-10H2,1-3H3,(H,20,23)(H,21,22). The zero-order valence-corrected chi connectivity index (χ0v) is 14.8. The largest absolute Gasteiger partial charge is 0.454 e. The maximum Gasteiger partial charge on any atom is 0.231 e. The summed E-state index contributed by atoms with van der Waals surface area (Å²) in [6.07, 6.45) is 2.72. The first kappa shape index (κ1) is 16.0. The fourth-order valence-corrected chi connectivity index (χ4v) is 3.07. The molecule has 1 aromatic heterocycles. The third-order valence-corrected chi connectivity index (χ3v) is 4.38. The molecule has 0 unspecified atom stereocenters. The van der Waals surface area contributed by atoms with Crippen LogP contribution in [0.15, 0.2) is 18.2 Å². The second-order valence-corrected chi connectivity index (χ2v) is 7.99. The number of benzene rings is 1. The molecule has 0 atom stereocenters. The third kappa shape index (κ3) is 3.34. The minimum Gasteiger partial charge on any atom is -0.454 e. The van der Waals surface area contributed by atoms with E-state index in [2.05, 4.69) is 36.3 Å². The highest BCUT2D eigenvalue weighted by Gasteiger charge is 2.31. The first-order chi connectivity index (χ1) is 11.9. The summed E-state index contributed by atoms with van der Waals surface area (Å²) in [6, 6.07) is 5.73. The number of fused-ring (bicyclic) bond motifs is 1. The van der Waals surface area contributed by atoms with Crippen LogP contribution in [0.5, 0.6) is 11.5 Å². The van der Waals surface area contributed by atoms with E-state index < -0.39 is 0 Å². The van der Waals surface area contributed by atoms with Crippen molar-refractivity contribution >= 4 is 11.6 Å². The molecule has 1 aromatic carbocycles. The first-order valence-corrected chi connectivity index (χ1v) is 8.69. The second kappa shape index (κ2) is 5.79. The second-order valence-electron chi connectivity index (χ2n) is 7.99. The third-order valence-electron chi connectivity index (χ3n) is 4.38. The SMILES string of the molecule is CC(C)(C)CC(=O)Nc1c(-c2ccc3c(c2)OCO3)n[nH]c1C1CC1. The topological polar surface area (TPSA) is 76.2 Å². The minimum atomic E-state index is -0.0630. The van der Waals surface area contributed by atoms with E-state index in [0.29, 0.717) is 18.1 Å². The zero-order chi connectivity index (χ0) is 17.6. The van der Waals surface area contributed by atoms with E-state index in [1.165, 1.54) is 0 Å². The van der Waals surface area contributed by atoms with E-state index in [1.54, 1.807) is 0 Å². The van der Waals surface area contributed by atoms with Gasteiger partial charge in [0.1, 0.15) is 5.69 Å². The summed E-state index contributed by atoms with van der Waals surface area (Å²) in [5.41, 5.74) is 3.42. The number of H-pyrrole nitrogens is 1. The summed E-state index contributed by atoms with van der Waals surface area (Å²) in [7, 11) is 0. The van der Waals surface area contributed by atoms with Crippen molar-refractivity contribution in [3.05, 3.63) is 23.9 Å². The predicted molar refractivity (Wildman–Crippen MR) is 94.8 cm³/mol. The van der Waals surface area contributed by atoms with E-state index >= 15 is 0 Å². The molecule has 4 rings (SSSR count). The normalized spacial score (nSPS) is 16.1. The smallest absolute Gasteiger partial charge is 0.231 e. The van der Waals surface area contributed by atoms with Gasteiger partial charge in [-0.15, -0.1) is 0 Å². The van der Waals surface area contributed by atoms with Gasteiger partial charge in [0, 0.05) is 17.9 Å². The Bertz CT molecular complexity index is 816. The van der Waals surface area contributed by atoms with Crippen molar-refractivity contribution in [1.82, 2.24) is 10.2 Å². The number of hydrogen-bond donors (Lipinski definition) is 2. The zero-order valence-electron chi connectivity index (χ0n) is 14.8. The van der Waals surface area contributed by atoms with Crippen LogP contribution >= 0.6 is 0 Å². The Hall–Kier alpha value is -2.50. The highest BCUT2D eigenvalue weighted by molar-refractivity contribution is 5.96. The number of amides is 1. The summed E-state index contributed by atoms with van der Waals surface area (Å²) in [5.74, 6) is 1.92. The number of anilines is 1. The molecule has 132 valence electrons. The maximum atomic E-state index is 12.5. The summed E-state index contributed by atoms with van der Waals surface area (Å²) in [4.78, 5) is 12.5. The summed E-state index contributed by atoms with van der Waals surface area (Å²) >= 11 is 0. The van der Waals surface area contributed by atoms with Crippen molar-refractivity contribution in [1.29, 1.82) is 0 Å². The summed E-state index contributed by atoms with van der Waals surface area (Å²) in [6.45, 7) is 6.41. The van der Waals surface area contributed by atoms with Gasteiger partial charge in [0.05, 0.1) is 11.4 Å². The number of nitrogens with one attached hydrogen (secondary N) is 2. The molecule has 1 amide bonds. The van der Waals surface area contributed by atoms with Gasteiger partial charge in [-0.3, -0.25) is 9.89 Å². The van der Waals surface area contributed by atoms with Crippen molar-refractivity contribution in [2.45, 2.75) is 46.0 Å². The van der Waals surface area contributed by atoms with Gasteiger partial charge in [-0.25, -0.2) is 0 Å². The maximum absolute atomic E-state index is 12.5. The predicted octanol–water partition coefficient (Wildman–Crippen LogP) is 4.06. The Morgan fingerprint density at radius 3 is 2.76 bits per heavy atom. The van der Waals surface area contributed by atoms with Crippen LogP contribution in [-0.2, 0) is 4.79 Å². The average Bonchev–Trinajstić information content (AvgIpc) is 3.11. The molecule has 0 bridgehead atoms. The lowest BCUT2D eigenvalue weighted by Gasteiger charge is -2.17. The lowest BCUT2D eigenvalue weighted by atomic mass is 9.92. The lowest BCUT2D eigenvalue weighted by Crippen LogP contribution is -2.20. The highest BCUT2D eigenvalue weighted by atomic mass is 16.7. The molecule has 2 aliphatic rings. The monoisotopic (exact) mass is 341 g/mol. The van der Waals surface area contributed by atoms with Gasteiger partial charge in [-0.2, -0.15) is 5.10 Å². The molecular weight excluding hydrogens is 318 g/mol. The van der Waals surface area contributed by atoms with Gasteiger partial charge in [-0.1, -0.05) is 20.8 Å². The number of nitrogens with zero attached hydrogens (tertiary/aromatic N) is 1. The molecule has 0 spiro atoms. The fourth-order valence-electron chi connectivity index (χ4n) is 3.07. The van der Waals surface area contributed by atoms with E-state index in [4.69, 9.17) is 9.47 Å². The number of carbonyl (C=O) groups is 1. The molecule has 0 saturated heterocycles. The van der Waals surface area contributed by atoms with Crippen molar-refractivity contribution in [3.8, 4) is 22.8 Å². The lowest BCUT2D eigenvalue weighted by molar-refractivity contribution is -0.117. The summed E-state index contributed by atoms with van der Waals surface area (Å²) in [5, 5.41) is 10.7. The first-order valence-electron chi connectivity index (χ1n) is 8.69. The van der Waals surface area contributed by atoms with Gasteiger partial charge < -0.3 is 14.8 Å². The fraction of sp³-hybridized carbons (Fsp3) is 0.474. The van der Waals surface area contributed by atoms with Crippen molar-refractivity contribution in [2.24, 2.45) is 5.41 Å². The molecular formula is C19H23N3O3. The molecule has 1 aliphatic heterocycles. The molecule has 1 fully saturated rings. The van der Waals surface area contributed by atoms with Crippen LogP contribution in [0.1, 0.15) is 51.6 Å². The average molecular weight is 341 g/mol. The molecule has 0 radical (unpaired) electrons. The van der Waals surface area contributed by atoms with Crippen LogP contribution in [0.3, 0.4) is 0 Å². The molecule has 25 heavy (non-hydrogen) atoms. The number of aromatic nitrogens is 2. The number of hydrogen-bond acceptors (Lipinski definition) is 4. The quantitative estimate of drug-likeness (QED) is 0.879. The highest BCUT2D eigenvalue weighted by Crippen LogP contribution is 2.46. The van der Waals surface area contributed by atoms with Gasteiger partial charge in [0.2, 0.25) is 12.7 Å². The van der Waals surface area contributed by atoms with Crippen LogP contribution in [0.2, 0.25) is 0 Å². The molecule has 2 N–H and O–H groups in total. The molecule has 6 heteroatoms. The molecule has 2 heterocycles.